The average molecular weight is 366 g/mol. The van der Waals surface area contributed by atoms with Crippen LogP contribution in [0.25, 0.3) is 11.4 Å². The van der Waals surface area contributed by atoms with Crippen LogP contribution in [0.2, 0.25) is 0 Å². The molecule has 1 heterocycles. The third kappa shape index (κ3) is 3.75. The number of ether oxygens (including phenoxy) is 1. The predicted molar refractivity (Wildman–Crippen MR) is 108 cm³/mol. The number of methoxy groups -OCH3 is 1. The van der Waals surface area contributed by atoms with Gasteiger partial charge in [-0.2, -0.15) is 14.9 Å². The first-order chi connectivity index (χ1) is 12.4. The topological polar surface area (TPSA) is 55.2 Å². The van der Waals surface area contributed by atoms with Gasteiger partial charge in [-0.1, -0.05) is 57.2 Å². The first-order valence-corrected chi connectivity index (χ1v) is 8.76. The molecule has 26 heavy (non-hydrogen) atoms. The lowest BCUT2D eigenvalue weighted by molar-refractivity contribution is 0.416. The maximum Gasteiger partial charge on any atom is 0.216 e. The predicted octanol–water partition coefficient (Wildman–Crippen LogP) is 4.80. The standard InChI is InChI=1S/C20H22N4OS/c1-20(2,3)15-11-9-14(10-12-15)13-21-24-18(22-23-19(24)26)16-7-5-6-8-17(16)25-4/h5-13H,1-4H3,(H,23,26)/b21-13+. The molecule has 5 nitrogen and oxygen atoms in total. The highest BCUT2D eigenvalue weighted by molar-refractivity contribution is 7.71. The molecule has 0 spiro atoms. The zero-order chi connectivity index (χ0) is 18.7. The van der Waals surface area contributed by atoms with Gasteiger partial charge in [0.2, 0.25) is 4.77 Å². The summed E-state index contributed by atoms with van der Waals surface area (Å²) in [7, 11) is 1.63. The number of hydrogen-bond donors (Lipinski definition) is 1. The smallest absolute Gasteiger partial charge is 0.216 e. The molecular weight excluding hydrogens is 344 g/mol. The van der Waals surface area contributed by atoms with E-state index in [1.807, 2.05) is 24.3 Å². The molecule has 0 saturated heterocycles. The number of hydrogen-bond acceptors (Lipinski definition) is 4. The summed E-state index contributed by atoms with van der Waals surface area (Å²) in [4.78, 5) is 0. The van der Waals surface area contributed by atoms with Crippen molar-refractivity contribution in [2.75, 3.05) is 7.11 Å². The van der Waals surface area contributed by atoms with E-state index in [2.05, 4.69) is 60.3 Å². The van der Waals surface area contributed by atoms with Gasteiger partial charge in [0, 0.05) is 0 Å². The molecular formula is C20H22N4OS. The Bertz CT molecular complexity index is 978. The highest BCUT2D eigenvalue weighted by atomic mass is 32.1. The Morgan fingerprint density at radius 2 is 1.81 bits per heavy atom. The van der Waals surface area contributed by atoms with Gasteiger partial charge in [0.25, 0.3) is 0 Å². The number of H-pyrrole nitrogens is 1. The lowest BCUT2D eigenvalue weighted by Gasteiger charge is -2.18. The van der Waals surface area contributed by atoms with Gasteiger partial charge < -0.3 is 4.74 Å². The van der Waals surface area contributed by atoms with E-state index in [0.717, 1.165) is 11.1 Å². The van der Waals surface area contributed by atoms with E-state index in [9.17, 15) is 0 Å². The molecule has 0 aliphatic heterocycles. The maximum atomic E-state index is 5.42. The van der Waals surface area contributed by atoms with Gasteiger partial charge in [0.1, 0.15) is 5.75 Å². The lowest BCUT2D eigenvalue weighted by atomic mass is 9.87. The summed E-state index contributed by atoms with van der Waals surface area (Å²) in [5.41, 5.74) is 3.22. The Morgan fingerprint density at radius 1 is 1.12 bits per heavy atom. The molecule has 0 bridgehead atoms. The molecule has 0 radical (unpaired) electrons. The Balaban J connectivity index is 1.95. The number of rotatable bonds is 4. The fourth-order valence-electron chi connectivity index (χ4n) is 2.60. The summed E-state index contributed by atoms with van der Waals surface area (Å²) in [5.74, 6) is 1.32. The van der Waals surface area contributed by atoms with Crippen molar-refractivity contribution >= 4 is 18.4 Å². The second-order valence-corrected chi connectivity index (χ2v) is 7.37. The fraction of sp³-hybridized carbons (Fsp3) is 0.250. The minimum Gasteiger partial charge on any atom is -0.496 e. The van der Waals surface area contributed by atoms with Crippen LogP contribution in [0.1, 0.15) is 31.9 Å². The van der Waals surface area contributed by atoms with Crippen LogP contribution in [-0.4, -0.2) is 28.2 Å². The van der Waals surface area contributed by atoms with E-state index >= 15 is 0 Å². The first kappa shape index (κ1) is 18.1. The van der Waals surface area contributed by atoms with Gasteiger partial charge in [-0.25, -0.2) is 5.10 Å². The molecule has 0 aliphatic rings. The maximum absolute atomic E-state index is 5.42. The summed E-state index contributed by atoms with van der Waals surface area (Å²) in [6.07, 6.45) is 1.77. The van der Waals surface area contributed by atoms with Crippen LogP contribution in [0.5, 0.6) is 5.75 Å². The van der Waals surface area contributed by atoms with Gasteiger partial charge in [0.15, 0.2) is 5.82 Å². The summed E-state index contributed by atoms with van der Waals surface area (Å²) < 4.78 is 7.45. The van der Waals surface area contributed by atoms with E-state index in [1.54, 1.807) is 18.0 Å². The minimum atomic E-state index is 0.125. The van der Waals surface area contributed by atoms with Crippen molar-refractivity contribution in [3.63, 3.8) is 0 Å². The summed E-state index contributed by atoms with van der Waals surface area (Å²) in [5, 5.41) is 11.6. The number of benzene rings is 2. The molecule has 0 unspecified atom stereocenters. The van der Waals surface area contributed by atoms with Gasteiger partial charge in [-0.15, -0.1) is 0 Å². The first-order valence-electron chi connectivity index (χ1n) is 8.36. The second-order valence-electron chi connectivity index (χ2n) is 6.98. The van der Waals surface area contributed by atoms with E-state index in [4.69, 9.17) is 17.0 Å². The summed E-state index contributed by atoms with van der Waals surface area (Å²) in [6.45, 7) is 6.58. The Labute approximate surface area is 158 Å². The zero-order valence-corrected chi connectivity index (χ0v) is 16.2. The molecule has 2 aromatic carbocycles. The van der Waals surface area contributed by atoms with Crippen molar-refractivity contribution in [3.05, 3.63) is 64.4 Å². The van der Waals surface area contributed by atoms with Gasteiger partial charge in [0.05, 0.1) is 18.9 Å². The molecule has 134 valence electrons. The van der Waals surface area contributed by atoms with E-state index in [1.165, 1.54) is 5.56 Å². The number of nitrogens with one attached hydrogen (secondary N) is 1. The number of aromatic amines is 1. The number of aromatic nitrogens is 3. The zero-order valence-electron chi connectivity index (χ0n) is 15.4. The van der Waals surface area contributed by atoms with Gasteiger partial charge >= 0.3 is 0 Å². The average Bonchev–Trinajstić information content (AvgIpc) is 3.00. The van der Waals surface area contributed by atoms with Crippen molar-refractivity contribution < 1.29 is 4.74 Å². The highest BCUT2D eigenvalue weighted by Gasteiger charge is 2.14. The van der Waals surface area contributed by atoms with Crippen LogP contribution < -0.4 is 4.74 Å². The Hall–Kier alpha value is -2.73. The van der Waals surface area contributed by atoms with E-state index in [0.29, 0.717) is 16.3 Å². The molecule has 3 rings (SSSR count). The number of nitrogens with zero attached hydrogens (tertiary/aromatic N) is 3. The highest BCUT2D eigenvalue weighted by Crippen LogP contribution is 2.28. The summed E-state index contributed by atoms with van der Waals surface area (Å²) in [6, 6.07) is 16.0. The van der Waals surface area contributed by atoms with Crippen LogP contribution in [0.4, 0.5) is 0 Å². The minimum absolute atomic E-state index is 0.125. The number of para-hydroxylation sites is 1. The Kier molecular flexibility index (Phi) is 5.04. The van der Waals surface area contributed by atoms with Crippen LogP contribution in [0.3, 0.4) is 0 Å². The van der Waals surface area contributed by atoms with Crippen molar-refractivity contribution in [3.8, 4) is 17.1 Å². The molecule has 0 atom stereocenters. The monoisotopic (exact) mass is 366 g/mol. The van der Waals surface area contributed by atoms with E-state index < -0.39 is 0 Å². The SMILES string of the molecule is COc1ccccc1-c1n[nH]c(=S)n1/N=C/c1ccc(C(C)(C)C)cc1. The molecule has 0 fully saturated rings. The van der Waals surface area contributed by atoms with Crippen molar-refractivity contribution in [2.45, 2.75) is 26.2 Å². The molecule has 1 aromatic heterocycles. The quantitative estimate of drug-likeness (QED) is 0.533. The van der Waals surface area contributed by atoms with Crippen LogP contribution >= 0.6 is 12.2 Å². The molecule has 6 heteroatoms. The molecule has 1 N–H and O–H groups in total. The van der Waals surface area contributed by atoms with Crippen LogP contribution in [0.15, 0.2) is 53.6 Å². The lowest BCUT2D eigenvalue weighted by Crippen LogP contribution is -2.10. The third-order valence-corrected chi connectivity index (χ3v) is 4.36. The van der Waals surface area contributed by atoms with Crippen LogP contribution in [0, 0.1) is 4.77 Å². The molecule has 0 saturated carbocycles. The van der Waals surface area contributed by atoms with E-state index in [-0.39, 0.29) is 5.41 Å². The largest absolute Gasteiger partial charge is 0.496 e. The normalized spacial score (nSPS) is 11.8. The van der Waals surface area contributed by atoms with Crippen molar-refractivity contribution in [2.24, 2.45) is 5.10 Å². The molecule has 3 aromatic rings. The van der Waals surface area contributed by atoms with Crippen molar-refractivity contribution in [1.82, 2.24) is 14.9 Å². The molecule has 0 amide bonds. The van der Waals surface area contributed by atoms with Gasteiger partial charge in [-0.05, 0) is 40.9 Å². The van der Waals surface area contributed by atoms with Crippen LogP contribution in [-0.2, 0) is 5.41 Å². The Morgan fingerprint density at radius 3 is 2.46 bits per heavy atom. The summed E-state index contributed by atoms with van der Waals surface area (Å²) >= 11 is 5.33. The third-order valence-electron chi connectivity index (χ3n) is 4.10. The van der Waals surface area contributed by atoms with Gasteiger partial charge in [-0.3, -0.25) is 0 Å². The van der Waals surface area contributed by atoms with Crippen molar-refractivity contribution in [1.29, 1.82) is 0 Å². The molecule has 0 aliphatic carbocycles. The fourth-order valence-corrected chi connectivity index (χ4v) is 2.78. The second kappa shape index (κ2) is 7.25.